The lowest BCUT2D eigenvalue weighted by Crippen LogP contribution is -2.31. The summed E-state index contributed by atoms with van der Waals surface area (Å²) in [5, 5.41) is 0. The maximum absolute atomic E-state index is 4.73. The van der Waals surface area contributed by atoms with E-state index in [4.69, 9.17) is 12.2 Å². The topological polar surface area (TPSA) is 3.24 Å². The fraction of sp³-hybridized carbons (Fsp3) is 0.875. The molecule has 0 aromatic heterocycles. The van der Waals surface area contributed by atoms with E-state index in [9.17, 15) is 0 Å². The van der Waals surface area contributed by atoms with Crippen LogP contribution in [0.25, 0.3) is 0 Å². The number of hydrogen-bond acceptors (Lipinski definition) is 1. The summed E-state index contributed by atoms with van der Waals surface area (Å²) in [6.07, 6.45) is 6.75. The molecule has 0 N–H and O–H groups in total. The molecule has 0 heterocycles. The highest BCUT2D eigenvalue weighted by atomic mass is 32.1. The fourth-order valence-electron chi connectivity index (χ4n) is 1.54. The average Bonchev–Trinajstić information content (AvgIpc) is 2.05. The second-order valence-corrected chi connectivity index (χ2v) is 3.18. The van der Waals surface area contributed by atoms with Crippen LogP contribution in [0.2, 0.25) is 0 Å². The highest BCUT2D eigenvalue weighted by molar-refractivity contribution is 7.78. The van der Waals surface area contributed by atoms with Crippen LogP contribution in [0.3, 0.4) is 0 Å². The monoisotopic (exact) mass is 156 g/mol. The smallest absolute Gasteiger partial charge is 0.136 e. The molecule has 2 heteroatoms. The highest BCUT2D eigenvalue weighted by Crippen LogP contribution is 2.20. The van der Waals surface area contributed by atoms with E-state index in [0.717, 1.165) is 0 Å². The average molecular weight is 156 g/mol. The number of thiocarbonyl (C=S) groups is 1. The van der Waals surface area contributed by atoms with E-state index in [2.05, 4.69) is 10.4 Å². The van der Waals surface area contributed by atoms with Gasteiger partial charge in [0.25, 0.3) is 0 Å². The Labute approximate surface area is 68.4 Å². The third-order valence-corrected chi connectivity index (χ3v) is 2.55. The minimum Gasteiger partial charge on any atom is -0.360 e. The van der Waals surface area contributed by atoms with Crippen molar-refractivity contribution in [1.29, 1.82) is 0 Å². The third-order valence-electron chi connectivity index (χ3n) is 2.27. The zero-order chi connectivity index (χ0) is 7.40. The Bertz CT molecular complexity index is 108. The van der Waals surface area contributed by atoms with Crippen molar-refractivity contribution in [2.24, 2.45) is 0 Å². The summed E-state index contributed by atoms with van der Waals surface area (Å²) in [6, 6.07) is 0.686. The molecule has 0 amide bonds. The summed E-state index contributed by atoms with van der Waals surface area (Å²) in [5.74, 6) is 0. The molecule has 0 unspecified atom stereocenters. The SMILES string of the molecule is CN([C]=S)C1CCCCC1. The maximum atomic E-state index is 4.73. The van der Waals surface area contributed by atoms with Gasteiger partial charge < -0.3 is 4.90 Å². The van der Waals surface area contributed by atoms with Crippen LogP contribution < -0.4 is 0 Å². The van der Waals surface area contributed by atoms with Gasteiger partial charge in [0.1, 0.15) is 5.49 Å². The van der Waals surface area contributed by atoms with Crippen molar-refractivity contribution in [3.05, 3.63) is 0 Å². The largest absolute Gasteiger partial charge is 0.360 e. The Kier molecular flexibility index (Phi) is 3.13. The maximum Gasteiger partial charge on any atom is 0.136 e. The summed E-state index contributed by atoms with van der Waals surface area (Å²) < 4.78 is 0. The van der Waals surface area contributed by atoms with Crippen molar-refractivity contribution in [3.63, 3.8) is 0 Å². The molecule has 1 radical (unpaired) electrons. The van der Waals surface area contributed by atoms with Crippen LogP contribution in [-0.4, -0.2) is 23.5 Å². The van der Waals surface area contributed by atoms with Crippen molar-refractivity contribution in [3.8, 4) is 0 Å². The Morgan fingerprint density at radius 3 is 2.40 bits per heavy atom. The molecule has 1 fully saturated rings. The van der Waals surface area contributed by atoms with Gasteiger partial charge in [-0.25, -0.2) is 0 Å². The standard InChI is InChI=1S/C8H14NS/c1-9(7-10)8-5-3-2-4-6-8/h8H,2-6H2,1H3. The van der Waals surface area contributed by atoms with Gasteiger partial charge in [-0.3, -0.25) is 0 Å². The lowest BCUT2D eigenvalue weighted by atomic mass is 9.95. The highest BCUT2D eigenvalue weighted by Gasteiger charge is 2.15. The van der Waals surface area contributed by atoms with E-state index >= 15 is 0 Å². The van der Waals surface area contributed by atoms with Crippen molar-refractivity contribution in [2.75, 3.05) is 7.05 Å². The van der Waals surface area contributed by atoms with Crippen LogP contribution >= 0.6 is 12.2 Å². The molecule has 1 saturated carbocycles. The van der Waals surface area contributed by atoms with E-state index in [1.807, 2.05) is 7.05 Å². The molecule has 1 rings (SSSR count). The van der Waals surface area contributed by atoms with Crippen LogP contribution in [0, 0.1) is 0 Å². The zero-order valence-corrected chi connectivity index (χ0v) is 7.28. The van der Waals surface area contributed by atoms with E-state index in [1.54, 1.807) is 0 Å². The first-order chi connectivity index (χ1) is 4.84. The summed E-state index contributed by atoms with van der Waals surface area (Å²) in [7, 11) is 2.03. The summed E-state index contributed by atoms with van der Waals surface area (Å²) >= 11 is 4.73. The molecule has 57 valence electrons. The quantitative estimate of drug-likeness (QED) is 0.445. The summed E-state index contributed by atoms with van der Waals surface area (Å²) in [6.45, 7) is 0. The van der Waals surface area contributed by atoms with E-state index in [1.165, 1.54) is 32.1 Å². The van der Waals surface area contributed by atoms with Crippen LogP contribution in [0.5, 0.6) is 0 Å². The number of rotatable bonds is 2. The van der Waals surface area contributed by atoms with Gasteiger partial charge in [-0.15, -0.1) is 0 Å². The normalized spacial score (nSPS) is 20.5. The minimum atomic E-state index is 0.686. The van der Waals surface area contributed by atoms with Gasteiger partial charge in [0.05, 0.1) is 0 Å². The van der Waals surface area contributed by atoms with E-state index < -0.39 is 0 Å². The van der Waals surface area contributed by atoms with Crippen LogP contribution in [-0.2, 0) is 0 Å². The molecular formula is C8H14NS. The molecule has 0 aromatic rings. The van der Waals surface area contributed by atoms with Crippen molar-refractivity contribution in [2.45, 2.75) is 38.1 Å². The molecular weight excluding hydrogens is 142 g/mol. The lowest BCUT2D eigenvalue weighted by Gasteiger charge is -2.28. The van der Waals surface area contributed by atoms with Gasteiger partial charge in [0, 0.05) is 13.1 Å². The molecule has 0 saturated heterocycles. The fourth-order valence-corrected chi connectivity index (χ4v) is 1.69. The predicted molar refractivity (Wildman–Crippen MR) is 47.2 cm³/mol. The lowest BCUT2D eigenvalue weighted by molar-refractivity contribution is 0.287. The summed E-state index contributed by atoms with van der Waals surface area (Å²) in [5.41, 5.74) is 2.75. The molecule has 1 aliphatic rings. The van der Waals surface area contributed by atoms with Gasteiger partial charge in [0.15, 0.2) is 0 Å². The van der Waals surface area contributed by atoms with Gasteiger partial charge in [-0.1, -0.05) is 31.5 Å². The molecule has 0 atom stereocenters. The number of hydrogen-bond donors (Lipinski definition) is 0. The third kappa shape index (κ3) is 1.94. The van der Waals surface area contributed by atoms with Gasteiger partial charge in [0.2, 0.25) is 0 Å². The first kappa shape index (κ1) is 7.99. The molecule has 1 aliphatic carbocycles. The Hall–Kier alpha value is -0.110. The Morgan fingerprint density at radius 1 is 1.30 bits per heavy atom. The molecule has 1 nitrogen and oxygen atoms in total. The molecule has 0 spiro atoms. The molecule has 0 aromatic carbocycles. The predicted octanol–water partition coefficient (Wildman–Crippen LogP) is 2.09. The van der Waals surface area contributed by atoms with Crippen LogP contribution in [0.15, 0.2) is 0 Å². The van der Waals surface area contributed by atoms with Crippen molar-refractivity contribution >= 4 is 17.7 Å². The first-order valence-corrected chi connectivity index (χ1v) is 4.36. The zero-order valence-electron chi connectivity index (χ0n) is 6.47. The van der Waals surface area contributed by atoms with Gasteiger partial charge in [-0.2, -0.15) is 0 Å². The number of nitrogens with zero attached hydrogens (tertiary/aromatic N) is 1. The first-order valence-electron chi connectivity index (χ1n) is 3.95. The van der Waals surface area contributed by atoms with E-state index in [-0.39, 0.29) is 0 Å². The van der Waals surface area contributed by atoms with Crippen LogP contribution in [0.4, 0.5) is 0 Å². The summed E-state index contributed by atoms with van der Waals surface area (Å²) in [4.78, 5) is 2.05. The second kappa shape index (κ2) is 3.91. The minimum absolute atomic E-state index is 0.686. The molecule has 0 bridgehead atoms. The Morgan fingerprint density at radius 2 is 1.90 bits per heavy atom. The van der Waals surface area contributed by atoms with E-state index in [0.29, 0.717) is 6.04 Å². The van der Waals surface area contributed by atoms with Gasteiger partial charge in [-0.05, 0) is 12.8 Å². The molecule has 0 aliphatic heterocycles. The van der Waals surface area contributed by atoms with Crippen LogP contribution in [0.1, 0.15) is 32.1 Å². The second-order valence-electron chi connectivity index (χ2n) is 2.99. The van der Waals surface area contributed by atoms with Gasteiger partial charge >= 0.3 is 0 Å². The molecule has 10 heavy (non-hydrogen) atoms. The van der Waals surface area contributed by atoms with Crippen molar-refractivity contribution in [1.82, 2.24) is 4.90 Å². The Balaban J connectivity index is 2.30. The van der Waals surface area contributed by atoms with Crippen molar-refractivity contribution < 1.29 is 0 Å².